The fraction of sp³-hybridized carbons (Fsp3) is 0.533. The number of benzene rings is 1. The molecule has 1 aromatic carbocycles. The van der Waals surface area contributed by atoms with E-state index in [-0.39, 0.29) is 12.5 Å². The van der Waals surface area contributed by atoms with Crippen LogP contribution in [0.5, 0.6) is 0 Å². The third-order valence-electron chi connectivity index (χ3n) is 4.09. The van der Waals surface area contributed by atoms with Gasteiger partial charge in [0.25, 0.3) is 5.91 Å². The standard InChI is InChI=1S/C15H21ClN2O2/c16-12-5-6-14(17)13(7-12)15(20)18-8-10-3-1-2-4-11(10)9-19/h5-7,10-11,19H,1-4,8-9,17H2,(H,18,20). The number of carbonyl (C=O) groups excluding carboxylic acids is 1. The number of halogens is 1. The van der Waals surface area contributed by atoms with E-state index in [9.17, 15) is 9.90 Å². The first-order valence-electron chi connectivity index (χ1n) is 7.06. The topological polar surface area (TPSA) is 75.4 Å². The van der Waals surface area contributed by atoms with Crippen LogP contribution in [0, 0.1) is 11.8 Å². The van der Waals surface area contributed by atoms with E-state index in [0.717, 1.165) is 25.7 Å². The van der Waals surface area contributed by atoms with Gasteiger partial charge in [0.15, 0.2) is 0 Å². The molecule has 0 bridgehead atoms. The summed E-state index contributed by atoms with van der Waals surface area (Å²) in [6.07, 6.45) is 4.42. The lowest BCUT2D eigenvalue weighted by molar-refractivity contribution is 0.0910. The minimum Gasteiger partial charge on any atom is -0.398 e. The van der Waals surface area contributed by atoms with Gasteiger partial charge in [0, 0.05) is 23.9 Å². The van der Waals surface area contributed by atoms with Crippen LogP contribution < -0.4 is 11.1 Å². The number of hydrogen-bond donors (Lipinski definition) is 3. The molecule has 1 saturated carbocycles. The fourth-order valence-electron chi connectivity index (χ4n) is 2.84. The van der Waals surface area contributed by atoms with Gasteiger partial charge in [0.05, 0.1) is 5.56 Å². The number of nitrogens with two attached hydrogens (primary N) is 1. The third kappa shape index (κ3) is 3.64. The van der Waals surface area contributed by atoms with Crippen LogP contribution in [-0.4, -0.2) is 24.2 Å². The Morgan fingerprint density at radius 1 is 1.35 bits per heavy atom. The molecule has 2 atom stereocenters. The summed E-state index contributed by atoms with van der Waals surface area (Å²) in [6, 6.07) is 4.88. The predicted molar refractivity (Wildman–Crippen MR) is 80.7 cm³/mol. The molecule has 1 fully saturated rings. The third-order valence-corrected chi connectivity index (χ3v) is 4.32. The van der Waals surface area contributed by atoms with Crippen LogP contribution >= 0.6 is 11.6 Å². The van der Waals surface area contributed by atoms with Gasteiger partial charge in [-0.05, 0) is 42.9 Å². The number of carbonyl (C=O) groups is 1. The Labute approximate surface area is 124 Å². The maximum atomic E-state index is 12.1. The van der Waals surface area contributed by atoms with Crippen molar-refractivity contribution in [3.8, 4) is 0 Å². The minimum absolute atomic E-state index is 0.194. The van der Waals surface area contributed by atoms with E-state index in [1.165, 1.54) is 0 Å². The Morgan fingerprint density at radius 2 is 2.05 bits per heavy atom. The molecule has 1 aliphatic rings. The number of amides is 1. The normalized spacial score (nSPS) is 22.5. The predicted octanol–water partition coefficient (Wildman–Crippen LogP) is 2.45. The molecule has 1 aromatic rings. The molecular formula is C15H21ClN2O2. The van der Waals surface area contributed by atoms with Gasteiger partial charge in [-0.1, -0.05) is 24.4 Å². The lowest BCUT2D eigenvalue weighted by atomic mass is 9.79. The molecule has 0 aliphatic heterocycles. The van der Waals surface area contributed by atoms with Crippen LogP contribution in [0.4, 0.5) is 5.69 Å². The van der Waals surface area contributed by atoms with Crippen LogP contribution in [0.3, 0.4) is 0 Å². The van der Waals surface area contributed by atoms with Crippen molar-refractivity contribution in [2.45, 2.75) is 25.7 Å². The van der Waals surface area contributed by atoms with Gasteiger partial charge in [-0.2, -0.15) is 0 Å². The van der Waals surface area contributed by atoms with Crippen LogP contribution in [0.1, 0.15) is 36.0 Å². The van der Waals surface area contributed by atoms with E-state index < -0.39 is 0 Å². The number of nitrogens with one attached hydrogen (secondary N) is 1. The molecule has 2 rings (SSSR count). The van der Waals surface area contributed by atoms with E-state index in [1.807, 2.05) is 0 Å². The second kappa shape index (κ2) is 6.95. The van der Waals surface area contributed by atoms with E-state index in [4.69, 9.17) is 17.3 Å². The summed E-state index contributed by atoms with van der Waals surface area (Å²) in [6.45, 7) is 0.774. The van der Waals surface area contributed by atoms with Crippen molar-refractivity contribution in [1.29, 1.82) is 0 Å². The highest BCUT2D eigenvalue weighted by atomic mass is 35.5. The summed E-state index contributed by atoms with van der Waals surface area (Å²) in [5.41, 5.74) is 6.63. The van der Waals surface area contributed by atoms with Crippen molar-refractivity contribution in [1.82, 2.24) is 5.32 Å². The number of aliphatic hydroxyl groups is 1. The summed E-state index contributed by atoms with van der Waals surface area (Å²) < 4.78 is 0. The Morgan fingerprint density at radius 3 is 2.75 bits per heavy atom. The highest BCUT2D eigenvalue weighted by Crippen LogP contribution is 2.29. The summed E-state index contributed by atoms with van der Waals surface area (Å²) in [5, 5.41) is 12.8. The smallest absolute Gasteiger partial charge is 0.253 e. The second-order valence-corrected chi connectivity index (χ2v) is 5.87. The van der Waals surface area contributed by atoms with Crippen molar-refractivity contribution in [3.63, 3.8) is 0 Å². The van der Waals surface area contributed by atoms with E-state index in [0.29, 0.717) is 34.7 Å². The average molecular weight is 297 g/mol. The first-order valence-corrected chi connectivity index (χ1v) is 7.43. The average Bonchev–Trinajstić information content (AvgIpc) is 2.47. The Balaban J connectivity index is 1.96. The molecule has 0 aromatic heterocycles. The van der Waals surface area contributed by atoms with Crippen LogP contribution in [0.15, 0.2) is 18.2 Å². The van der Waals surface area contributed by atoms with E-state index >= 15 is 0 Å². The summed E-state index contributed by atoms with van der Waals surface area (Å²) in [5.74, 6) is 0.436. The van der Waals surface area contributed by atoms with E-state index in [2.05, 4.69) is 5.32 Å². The first kappa shape index (κ1) is 15.1. The van der Waals surface area contributed by atoms with Crippen LogP contribution in [0.25, 0.3) is 0 Å². The Hall–Kier alpha value is -1.26. The number of anilines is 1. The molecule has 0 spiro atoms. The summed E-state index contributed by atoms with van der Waals surface area (Å²) in [4.78, 5) is 12.1. The number of hydrogen-bond acceptors (Lipinski definition) is 3. The van der Waals surface area contributed by atoms with Crippen molar-refractivity contribution in [2.24, 2.45) is 11.8 Å². The van der Waals surface area contributed by atoms with E-state index in [1.54, 1.807) is 18.2 Å². The van der Waals surface area contributed by atoms with Gasteiger partial charge < -0.3 is 16.2 Å². The maximum Gasteiger partial charge on any atom is 0.253 e. The number of rotatable bonds is 4. The molecule has 4 nitrogen and oxygen atoms in total. The van der Waals surface area contributed by atoms with Crippen molar-refractivity contribution in [3.05, 3.63) is 28.8 Å². The fourth-order valence-corrected chi connectivity index (χ4v) is 3.01. The maximum absolute atomic E-state index is 12.1. The zero-order valence-corrected chi connectivity index (χ0v) is 12.2. The molecule has 1 aliphatic carbocycles. The largest absolute Gasteiger partial charge is 0.398 e. The number of aliphatic hydroxyl groups excluding tert-OH is 1. The minimum atomic E-state index is -0.202. The molecule has 1 amide bonds. The molecule has 110 valence electrons. The van der Waals surface area contributed by atoms with Gasteiger partial charge in [0.2, 0.25) is 0 Å². The molecular weight excluding hydrogens is 276 g/mol. The lowest BCUT2D eigenvalue weighted by Crippen LogP contribution is -2.35. The van der Waals surface area contributed by atoms with Gasteiger partial charge in [0.1, 0.15) is 0 Å². The zero-order chi connectivity index (χ0) is 14.5. The highest BCUT2D eigenvalue weighted by Gasteiger charge is 2.25. The first-order chi connectivity index (χ1) is 9.61. The van der Waals surface area contributed by atoms with Crippen molar-refractivity contribution in [2.75, 3.05) is 18.9 Å². The van der Waals surface area contributed by atoms with Gasteiger partial charge in [-0.25, -0.2) is 0 Å². The molecule has 20 heavy (non-hydrogen) atoms. The summed E-state index contributed by atoms with van der Waals surface area (Å²) >= 11 is 5.89. The second-order valence-electron chi connectivity index (χ2n) is 5.43. The lowest BCUT2D eigenvalue weighted by Gasteiger charge is -2.30. The van der Waals surface area contributed by atoms with Crippen LogP contribution in [-0.2, 0) is 0 Å². The zero-order valence-electron chi connectivity index (χ0n) is 11.4. The molecule has 0 heterocycles. The Kier molecular flexibility index (Phi) is 5.26. The number of nitrogen functional groups attached to an aromatic ring is 1. The van der Waals surface area contributed by atoms with Crippen LogP contribution in [0.2, 0.25) is 5.02 Å². The molecule has 0 radical (unpaired) electrons. The molecule has 4 N–H and O–H groups in total. The van der Waals surface area contributed by atoms with Gasteiger partial charge >= 0.3 is 0 Å². The Bertz CT molecular complexity index is 479. The van der Waals surface area contributed by atoms with Gasteiger partial charge in [-0.15, -0.1) is 0 Å². The molecule has 0 saturated heterocycles. The van der Waals surface area contributed by atoms with Gasteiger partial charge in [-0.3, -0.25) is 4.79 Å². The molecule has 5 heteroatoms. The van der Waals surface area contributed by atoms with Crippen molar-refractivity contribution < 1.29 is 9.90 Å². The van der Waals surface area contributed by atoms with Crippen molar-refractivity contribution >= 4 is 23.2 Å². The highest BCUT2D eigenvalue weighted by molar-refractivity contribution is 6.31. The molecule has 2 unspecified atom stereocenters. The SMILES string of the molecule is Nc1ccc(Cl)cc1C(=O)NCC1CCCCC1CO. The summed E-state index contributed by atoms with van der Waals surface area (Å²) in [7, 11) is 0. The monoisotopic (exact) mass is 296 g/mol. The quantitative estimate of drug-likeness (QED) is 0.747.